The minimum atomic E-state index is -0.442. The molecule has 1 fully saturated rings. The smallest absolute Gasteiger partial charge is 0.225 e. The fraction of sp³-hybridized carbons (Fsp3) is 0.500. The van der Waals surface area contributed by atoms with Gasteiger partial charge in [0.25, 0.3) is 0 Å². The second-order valence-corrected chi connectivity index (χ2v) is 10.5. The Morgan fingerprint density at radius 3 is 2.76 bits per heavy atom. The third-order valence-corrected chi connectivity index (χ3v) is 6.83. The fourth-order valence-electron chi connectivity index (χ4n) is 4.74. The Morgan fingerprint density at radius 1 is 1.21 bits per heavy atom. The van der Waals surface area contributed by atoms with E-state index in [2.05, 4.69) is 47.2 Å². The standard InChI is InChI=1S/C28H37N3O2/c1-19-12-13-25-22(16-19)20(2)26(33-25)18-31-15-9-7-10-21(31)17-24(23-11-6-8-14-29-23)30-27(32)28(3,4)5/h6,8,11-14,16,21,24H,7,9-10,15,17-18H2,1-5H3,(H,30,32)/t21-,24-/m1/s1. The summed E-state index contributed by atoms with van der Waals surface area (Å²) in [6.45, 7) is 12.0. The summed E-state index contributed by atoms with van der Waals surface area (Å²) in [6.07, 6.45) is 6.17. The Morgan fingerprint density at radius 2 is 2.03 bits per heavy atom. The summed E-state index contributed by atoms with van der Waals surface area (Å²) in [5.74, 6) is 1.11. The molecule has 0 unspecified atom stereocenters. The maximum absolute atomic E-state index is 12.9. The topological polar surface area (TPSA) is 58.4 Å². The molecular formula is C28H37N3O2. The van der Waals surface area contributed by atoms with Crippen LogP contribution in [0.1, 0.15) is 75.1 Å². The zero-order valence-electron chi connectivity index (χ0n) is 20.6. The lowest BCUT2D eigenvalue weighted by atomic mass is 9.91. The first-order chi connectivity index (χ1) is 15.7. The molecule has 0 aliphatic carbocycles. The highest BCUT2D eigenvalue weighted by Crippen LogP contribution is 2.32. The Hall–Kier alpha value is -2.66. The number of aromatic nitrogens is 1. The first-order valence-electron chi connectivity index (χ1n) is 12.2. The number of hydrogen-bond acceptors (Lipinski definition) is 4. The van der Waals surface area contributed by atoms with Gasteiger partial charge in [0.1, 0.15) is 11.3 Å². The minimum Gasteiger partial charge on any atom is -0.459 e. The molecule has 0 radical (unpaired) electrons. The van der Waals surface area contributed by atoms with Crippen LogP contribution in [0, 0.1) is 19.3 Å². The van der Waals surface area contributed by atoms with Crippen LogP contribution < -0.4 is 5.32 Å². The predicted molar refractivity (Wildman–Crippen MR) is 133 cm³/mol. The molecule has 0 spiro atoms. The van der Waals surface area contributed by atoms with Gasteiger partial charge in [-0.2, -0.15) is 0 Å². The van der Waals surface area contributed by atoms with Crippen LogP contribution in [0.4, 0.5) is 0 Å². The van der Waals surface area contributed by atoms with Gasteiger partial charge >= 0.3 is 0 Å². The number of pyridine rings is 1. The molecule has 3 aromatic rings. The fourth-order valence-corrected chi connectivity index (χ4v) is 4.74. The molecule has 0 saturated carbocycles. The number of benzene rings is 1. The van der Waals surface area contributed by atoms with Gasteiger partial charge in [-0.25, -0.2) is 0 Å². The van der Waals surface area contributed by atoms with Crippen molar-refractivity contribution in [2.75, 3.05) is 6.54 Å². The number of carbonyl (C=O) groups excluding carboxylic acids is 1. The number of nitrogens with one attached hydrogen (secondary N) is 1. The first-order valence-corrected chi connectivity index (χ1v) is 12.2. The summed E-state index contributed by atoms with van der Waals surface area (Å²) in [5, 5.41) is 4.50. The second kappa shape index (κ2) is 9.68. The van der Waals surface area contributed by atoms with Gasteiger partial charge in [-0.1, -0.05) is 44.9 Å². The van der Waals surface area contributed by atoms with Gasteiger partial charge in [-0.3, -0.25) is 14.7 Å². The lowest BCUT2D eigenvalue weighted by Gasteiger charge is -2.37. The number of likely N-dealkylation sites (tertiary alicyclic amines) is 1. The minimum absolute atomic E-state index is 0.0593. The van der Waals surface area contributed by atoms with Crippen molar-refractivity contribution in [1.82, 2.24) is 15.2 Å². The number of furan rings is 1. The Kier molecular flexibility index (Phi) is 6.89. The number of amides is 1. The summed E-state index contributed by atoms with van der Waals surface area (Å²) in [4.78, 5) is 20.0. The molecule has 4 rings (SSSR count). The molecule has 176 valence electrons. The van der Waals surface area contributed by atoms with Gasteiger partial charge in [-0.05, 0) is 69.5 Å². The Labute approximate surface area is 197 Å². The molecule has 1 aliphatic heterocycles. The van der Waals surface area contributed by atoms with Crippen LogP contribution in [0.25, 0.3) is 11.0 Å². The van der Waals surface area contributed by atoms with Gasteiger partial charge in [0, 0.05) is 23.0 Å². The molecule has 0 bridgehead atoms. The molecule has 1 saturated heterocycles. The summed E-state index contributed by atoms with van der Waals surface area (Å²) in [5.41, 5.74) is 3.94. The van der Waals surface area contributed by atoms with Crippen LogP contribution in [0.15, 0.2) is 47.0 Å². The van der Waals surface area contributed by atoms with Crippen molar-refractivity contribution in [2.24, 2.45) is 5.41 Å². The van der Waals surface area contributed by atoms with Crippen LogP contribution in [0.2, 0.25) is 0 Å². The van der Waals surface area contributed by atoms with Crippen molar-refractivity contribution in [2.45, 2.75) is 78.9 Å². The molecule has 5 nitrogen and oxygen atoms in total. The number of rotatable bonds is 6. The summed E-state index contributed by atoms with van der Waals surface area (Å²) >= 11 is 0. The van der Waals surface area contributed by atoms with E-state index >= 15 is 0 Å². The van der Waals surface area contributed by atoms with Crippen LogP contribution >= 0.6 is 0 Å². The van der Waals surface area contributed by atoms with E-state index in [0.29, 0.717) is 6.04 Å². The second-order valence-electron chi connectivity index (χ2n) is 10.5. The number of carbonyl (C=O) groups is 1. The lowest BCUT2D eigenvalue weighted by Crippen LogP contribution is -2.44. The van der Waals surface area contributed by atoms with Gasteiger partial charge in [0.15, 0.2) is 0 Å². The summed E-state index contributed by atoms with van der Waals surface area (Å²) in [6, 6.07) is 12.6. The normalized spacial score (nSPS) is 18.4. The van der Waals surface area contributed by atoms with E-state index in [4.69, 9.17) is 4.42 Å². The van der Waals surface area contributed by atoms with Crippen LogP contribution in [-0.2, 0) is 11.3 Å². The van der Waals surface area contributed by atoms with E-state index in [-0.39, 0.29) is 11.9 Å². The molecule has 2 aromatic heterocycles. The highest BCUT2D eigenvalue weighted by molar-refractivity contribution is 5.83. The van der Waals surface area contributed by atoms with E-state index in [1.54, 1.807) is 0 Å². The SMILES string of the molecule is Cc1ccc2oc(CN3CCCC[C@@H]3C[C@@H](NC(=O)C(C)(C)C)c3ccccn3)c(C)c2c1. The van der Waals surface area contributed by atoms with Crippen molar-refractivity contribution in [3.05, 3.63) is 65.2 Å². The highest BCUT2D eigenvalue weighted by atomic mass is 16.3. The first kappa shape index (κ1) is 23.5. The zero-order valence-corrected chi connectivity index (χ0v) is 20.6. The molecule has 33 heavy (non-hydrogen) atoms. The zero-order chi connectivity index (χ0) is 23.6. The van der Waals surface area contributed by atoms with Crippen LogP contribution in [0.5, 0.6) is 0 Å². The number of aryl methyl sites for hydroxylation is 2. The molecule has 1 aromatic carbocycles. The number of piperidine rings is 1. The van der Waals surface area contributed by atoms with Crippen LogP contribution in [0.3, 0.4) is 0 Å². The van der Waals surface area contributed by atoms with Crippen molar-refractivity contribution >= 4 is 16.9 Å². The number of hydrogen-bond donors (Lipinski definition) is 1. The molecule has 1 N–H and O–H groups in total. The monoisotopic (exact) mass is 447 g/mol. The molecular weight excluding hydrogens is 410 g/mol. The summed E-state index contributed by atoms with van der Waals surface area (Å²) in [7, 11) is 0. The lowest BCUT2D eigenvalue weighted by molar-refractivity contribution is -0.129. The molecule has 1 amide bonds. The van der Waals surface area contributed by atoms with E-state index in [1.165, 1.54) is 29.4 Å². The quantitative estimate of drug-likeness (QED) is 0.496. The third-order valence-electron chi connectivity index (χ3n) is 6.83. The van der Waals surface area contributed by atoms with Crippen molar-refractivity contribution in [3.8, 4) is 0 Å². The van der Waals surface area contributed by atoms with E-state index in [1.807, 2.05) is 45.2 Å². The van der Waals surface area contributed by atoms with Crippen LogP contribution in [-0.4, -0.2) is 28.4 Å². The highest BCUT2D eigenvalue weighted by Gasteiger charge is 2.31. The maximum atomic E-state index is 12.9. The predicted octanol–water partition coefficient (Wildman–Crippen LogP) is 6.09. The Balaban J connectivity index is 1.56. The maximum Gasteiger partial charge on any atom is 0.225 e. The third kappa shape index (κ3) is 5.47. The molecule has 3 heterocycles. The average Bonchev–Trinajstić information content (AvgIpc) is 3.09. The van der Waals surface area contributed by atoms with Gasteiger partial charge in [0.05, 0.1) is 18.3 Å². The van der Waals surface area contributed by atoms with Crippen molar-refractivity contribution < 1.29 is 9.21 Å². The number of fused-ring (bicyclic) bond motifs is 1. The number of nitrogens with zero attached hydrogens (tertiary/aromatic N) is 2. The van der Waals surface area contributed by atoms with E-state index in [0.717, 1.165) is 43.0 Å². The Bertz CT molecular complexity index is 1100. The van der Waals surface area contributed by atoms with Gasteiger partial charge < -0.3 is 9.73 Å². The molecule has 1 aliphatic rings. The summed E-state index contributed by atoms with van der Waals surface area (Å²) < 4.78 is 6.28. The van der Waals surface area contributed by atoms with E-state index < -0.39 is 5.41 Å². The average molecular weight is 448 g/mol. The molecule has 2 atom stereocenters. The van der Waals surface area contributed by atoms with E-state index in [9.17, 15) is 4.79 Å². The largest absolute Gasteiger partial charge is 0.459 e. The van der Waals surface area contributed by atoms with Crippen molar-refractivity contribution in [3.63, 3.8) is 0 Å². The van der Waals surface area contributed by atoms with Gasteiger partial charge in [-0.15, -0.1) is 0 Å². The molecule has 5 heteroatoms. The van der Waals surface area contributed by atoms with Gasteiger partial charge in [0.2, 0.25) is 5.91 Å². The van der Waals surface area contributed by atoms with Crippen molar-refractivity contribution in [1.29, 1.82) is 0 Å².